The Labute approximate surface area is 168 Å². The molecule has 8 heteroatoms. The van der Waals surface area contributed by atoms with Crippen LogP contribution in [0, 0.1) is 5.82 Å². The zero-order valence-electron chi connectivity index (χ0n) is 16.7. The minimum absolute atomic E-state index is 0.0309. The Morgan fingerprint density at radius 2 is 1.97 bits per heavy atom. The second kappa shape index (κ2) is 7.51. The Kier molecular flexibility index (Phi) is 5.04. The third-order valence-corrected chi connectivity index (χ3v) is 5.70. The van der Waals surface area contributed by atoms with Crippen LogP contribution in [-0.4, -0.2) is 50.2 Å². The normalized spacial score (nSPS) is 17.2. The van der Waals surface area contributed by atoms with E-state index in [4.69, 9.17) is 10.8 Å². The summed E-state index contributed by atoms with van der Waals surface area (Å²) in [5.41, 5.74) is 8.15. The SMILES string of the molecule is CC(C)(C(=O)N1CC[C@H](c2nn(CCN)c3nccnc23)C1)c1ccc(F)cc1. The summed E-state index contributed by atoms with van der Waals surface area (Å²) in [6.45, 7) is 6.03. The van der Waals surface area contributed by atoms with Gasteiger partial charge < -0.3 is 10.6 Å². The van der Waals surface area contributed by atoms with Crippen molar-refractivity contribution >= 4 is 17.1 Å². The van der Waals surface area contributed by atoms with Crippen LogP contribution >= 0.6 is 0 Å². The van der Waals surface area contributed by atoms with E-state index in [0.29, 0.717) is 26.2 Å². The molecule has 2 aromatic heterocycles. The summed E-state index contributed by atoms with van der Waals surface area (Å²) in [5.74, 6) is -0.177. The number of nitrogens with two attached hydrogens (primary N) is 1. The molecule has 1 saturated heterocycles. The second-order valence-electron chi connectivity index (χ2n) is 7.99. The van der Waals surface area contributed by atoms with Gasteiger partial charge in [0.25, 0.3) is 0 Å². The van der Waals surface area contributed by atoms with E-state index in [1.54, 1.807) is 29.2 Å². The van der Waals surface area contributed by atoms with Gasteiger partial charge in [-0.05, 0) is 38.0 Å². The van der Waals surface area contributed by atoms with Gasteiger partial charge in [0.1, 0.15) is 11.3 Å². The number of benzene rings is 1. The van der Waals surface area contributed by atoms with Gasteiger partial charge in [-0.3, -0.25) is 4.79 Å². The van der Waals surface area contributed by atoms with E-state index in [1.165, 1.54) is 12.1 Å². The molecule has 0 saturated carbocycles. The molecule has 0 aliphatic carbocycles. The van der Waals surface area contributed by atoms with E-state index < -0.39 is 5.41 Å². The fraction of sp³-hybridized carbons (Fsp3) is 0.429. The number of carbonyl (C=O) groups is 1. The molecule has 4 rings (SSSR count). The third kappa shape index (κ3) is 3.48. The number of halogens is 1. The number of aromatic nitrogens is 4. The van der Waals surface area contributed by atoms with Gasteiger partial charge in [-0.1, -0.05) is 12.1 Å². The van der Waals surface area contributed by atoms with Crippen molar-refractivity contribution in [1.29, 1.82) is 0 Å². The van der Waals surface area contributed by atoms with Crippen LogP contribution in [-0.2, 0) is 16.8 Å². The van der Waals surface area contributed by atoms with Crippen molar-refractivity contribution in [3.8, 4) is 0 Å². The second-order valence-corrected chi connectivity index (χ2v) is 7.99. The monoisotopic (exact) mass is 396 g/mol. The van der Waals surface area contributed by atoms with Gasteiger partial charge in [0.2, 0.25) is 5.91 Å². The van der Waals surface area contributed by atoms with Crippen LogP contribution in [0.4, 0.5) is 4.39 Å². The highest BCUT2D eigenvalue weighted by atomic mass is 19.1. The molecule has 1 atom stereocenters. The smallest absolute Gasteiger partial charge is 0.232 e. The Balaban J connectivity index is 1.57. The molecule has 1 aromatic carbocycles. The van der Waals surface area contributed by atoms with Gasteiger partial charge in [-0.15, -0.1) is 0 Å². The van der Waals surface area contributed by atoms with Crippen molar-refractivity contribution in [2.75, 3.05) is 19.6 Å². The number of likely N-dealkylation sites (tertiary alicyclic amines) is 1. The van der Waals surface area contributed by atoms with Gasteiger partial charge in [-0.25, -0.2) is 19.0 Å². The first-order valence-electron chi connectivity index (χ1n) is 9.84. The summed E-state index contributed by atoms with van der Waals surface area (Å²) in [6.07, 6.45) is 4.13. The molecule has 0 unspecified atom stereocenters. The van der Waals surface area contributed by atoms with Crippen molar-refractivity contribution in [3.05, 3.63) is 53.7 Å². The van der Waals surface area contributed by atoms with Crippen molar-refractivity contribution in [3.63, 3.8) is 0 Å². The van der Waals surface area contributed by atoms with Gasteiger partial charge in [0.05, 0.1) is 17.7 Å². The average Bonchev–Trinajstić information content (AvgIpc) is 3.33. The minimum atomic E-state index is -0.733. The lowest BCUT2D eigenvalue weighted by Crippen LogP contribution is -2.42. The lowest BCUT2D eigenvalue weighted by molar-refractivity contribution is -0.135. The van der Waals surface area contributed by atoms with Gasteiger partial charge in [0, 0.05) is 37.9 Å². The van der Waals surface area contributed by atoms with Crippen LogP contribution < -0.4 is 5.73 Å². The van der Waals surface area contributed by atoms with Crippen LogP contribution in [0.3, 0.4) is 0 Å². The van der Waals surface area contributed by atoms with Crippen molar-refractivity contribution in [2.24, 2.45) is 5.73 Å². The summed E-state index contributed by atoms with van der Waals surface area (Å²) < 4.78 is 15.1. The summed E-state index contributed by atoms with van der Waals surface area (Å²) >= 11 is 0. The molecule has 3 aromatic rings. The van der Waals surface area contributed by atoms with E-state index in [-0.39, 0.29) is 17.6 Å². The summed E-state index contributed by atoms with van der Waals surface area (Å²) in [4.78, 5) is 24.0. The van der Waals surface area contributed by atoms with Crippen LogP contribution in [0.5, 0.6) is 0 Å². The van der Waals surface area contributed by atoms with E-state index >= 15 is 0 Å². The summed E-state index contributed by atoms with van der Waals surface area (Å²) in [7, 11) is 0. The molecule has 1 aliphatic rings. The molecule has 1 aliphatic heterocycles. The number of hydrogen-bond acceptors (Lipinski definition) is 5. The highest BCUT2D eigenvalue weighted by Gasteiger charge is 2.38. The number of amides is 1. The highest BCUT2D eigenvalue weighted by Crippen LogP contribution is 2.34. The minimum Gasteiger partial charge on any atom is -0.341 e. The van der Waals surface area contributed by atoms with E-state index in [9.17, 15) is 9.18 Å². The number of carbonyl (C=O) groups excluding carboxylic acids is 1. The molecule has 0 spiro atoms. The first kappa shape index (κ1) is 19.4. The lowest BCUT2D eigenvalue weighted by Gasteiger charge is -2.29. The first-order valence-corrected chi connectivity index (χ1v) is 9.84. The van der Waals surface area contributed by atoms with Crippen LogP contribution in [0.25, 0.3) is 11.2 Å². The maximum Gasteiger partial charge on any atom is 0.232 e. The van der Waals surface area contributed by atoms with Crippen LogP contribution in [0.15, 0.2) is 36.7 Å². The van der Waals surface area contributed by atoms with E-state index in [1.807, 2.05) is 18.7 Å². The van der Waals surface area contributed by atoms with Crippen molar-refractivity contribution in [2.45, 2.75) is 38.1 Å². The predicted octanol–water partition coefficient (Wildman–Crippen LogP) is 2.22. The summed E-state index contributed by atoms with van der Waals surface area (Å²) in [5, 5.41) is 4.72. The molecule has 7 nitrogen and oxygen atoms in total. The zero-order valence-corrected chi connectivity index (χ0v) is 16.7. The molecule has 0 bridgehead atoms. The standard InChI is InChI=1S/C21H25FN6O/c1-21(2,15-3-5-16(22)6-4-15)20(29)27-11-7-14(13-27)17-18-19(25-10-9-24-18)28(26-17)12-8-23/h3-6,9-10,14H,7-8,11-13,23H2,1-2H3/t14-/m0/s1. The highest BCUT2D eigenvalue weighted by molar-refractivity contribution is 5.87. The van der Waals surface area contributed by atoms with Gasteiger partial charge >= 0.3 is 0 Å². The van der Waals surface area contributed by atoms with Crippen molar-refractivity contribution < 1.29 is 9.18 Å². The zero-order chi connectivity index (χ0) is 20.6. The van der Waals surface area contributed by atoms with Crippen LogP contribution in [0.2, 0.25) is 0 Å². The Morgan fingerprint density at radius 1 is 1.24 bits per heavy atom. The number of nitrogens with zero attached hydrogens (tertiary/aromatic N) is 5. The fourth-order valence-electron chi connectivity index (χ4n) is 4.03. The first-order chi connectivity index (χ1) is 13.9. The molecule has 1 fully saturated rings. The Morgan fingerprint density at radius 3 is 2.69 bits per heavy atom. The Bertz CT molecular complexity index is 1030. The lowest BCUT2D eigenvalue weighted by atomic mass is 9.83. The van der Waals surface area contributed by atoms with Gasteiger partial charge in [-0.2, -0.15) is 5.10 Å². The molecular weight excluding hydrogens is 371 g/mol. The van der Waals surface area contributed by atoms with E-state index in [0.717, 1.165) is 28.8 Å². The topological polar surface area (TPSA) is 89.9 Å². The summed E-state index contributed by atoms with van der Waals surface area (Å²) in [6, 6.07) is 6.15. The molecule has 3 heterocycles. The quantitative estimate of drug-likeness (QED) is 0.714. The molecule has 0 radical (unpaired) electrons. The Hall–Kier alpha value is -2.87. The molecule has 29 heavy (non-hydrogen) atoms. The van der Waals surface area contributed by atoms with Gasteiger partial charge in [0.15, 0.2) is 5.65 Å². The number of fused-ring (bicyclic) bond motifs is 1. The van der Waals surface area contributed by atoms with Crippen LogP contribution in [0.1, 0.15) is 37.4 Å². The maximum absolute atomic E-state index is 13.3. The average molecular weight is 396 g/mol. The molecule has 152 valence electrons. The third-order valence-electron chi connectivity index (χ3n) is 5.70. The van der Waals surface area contributed by atoms with E-state index in [2.05, 4.69) is 9.97 Å². The number of hydrogen-bond donors (Lipinski definition) is 1. The molecule has 1 amide bonds. The predicted molar refractivity (Wildman–Crippen MR) is 108 cm³/mol. The molecule has 2 N–H and O–H groups in total. The number of rotatable bonds is 5. The van der Waals surface area contributed by atoms with Crippen molar-refractivity contribution in [1.82, 2.24) is 24.6 Å². The maximum atomic E-state index is 13.3. The fourth-order valence-corrected chi connectivity index (χ4v) is 4.03. The molecular formula is C21H25FN6O. The largest absolute Gasteiger partial charge is 0.341 e.